The topological polar surface area (TPSA) is 61.4 Å². The van der Waals surface area contributed by atoms with E-state index in [1.165, 1.54) is 5.56 Å². The Labute approximate surface area is 148 Å². The number of aromatic nitrogens is 2. The fraction of sp³-hybridized carbons (Fsp3) is 0.421. The molecule has 0 unspecified atom stereocenters. The molecule has 1 amide bonds. The third-order valence-corrected chi connectivity index (χ3v) is 4.52. The number of hydrogen-bond acceptors (Lipinski definition) is 5. The number of likely N-dealkylation sites (N-methyl/N-ethyl adjacent to an activating group) is 1. The van der Waals surface area contributed by atoms with Crippen LogP contribution in [-0.4, -0.2) is 58.9 Å². The highest BCUT2D eigenvalue weighted by Crippen LogP contribution is 2.25. The van der Waals surface area contributed by atoms with Gasteiger partial charge in [-0.15, -0.1) is 0 Å². The molecule has 0 bridgehead atoms. The lowest BCUT2D eigenvalue weighted by Crippen LogP contribution is -2.47. The molecule has 132 valence electrons. The number of benzene rings is 1. The van der Waals surface area contributed by atoms with Gasteiger partial charge in [0.05, 0.1) is 5.56 Å². The van der Waals surface area contributed by atoms with Crippen LogP contribution in [0.25, 0.3) is 0 Å². The first-order valence-electron chi connectivity index (χ1n) is 8.70. The zero-order chi connectivity index (χ0) is 17.8. The number of carbonyl (C=O) groups excluding carboxylic acids is 1. The lowest BCUT2D eigenvalue weighted by molar-refractivity contribution is 0.0663. The highest BCUT2D eigenvalue weighted by Gasteiger charge is 2.20. The van der Waals surface area contributed by atoms with E-state index in [1.54, 1.807) is 12.4 Å². The average Bonchev–Trinajstić information content (AvgIpc) is 2.63. The molecule has 1 aliphatic rings. The predicted octanol–water partition coefficient (Wildman–Crippen LogP) is 2.73. The van der Waals surface area contributed by atoms with Crippen molar-refractivity contribution >= 4 is 17.5 Å². The lowest BCUT2D eigenvalue weighted by Gasteiger charge is -2.32. The number of hydrogen-bond donors (Lipinski definition) is 1. The molecule has 2 heterocycles. The van der Waals surface area contributed by atoms with Crippen LogP contribution >= 0.6 is 0 Å². The van der Waals surface area contributed by atoms with Crippen LogP contribution in [0, 0.1) is 0 Å². The summed E-state index contributed by atoms with van der Waals surface area (Å²) >= 11 is 0. The van der Waals surface area contributed by atoms with Crippen LogP contribution in [0.4, 0.5) is 11.6 Å². The van der Waals surface area contributed by atoms with Crippen LogP contribution in [0.2, 0.25) is 0 Å². The first-order valence-corrected chi connectivity index (χ1v) is 8.70. The van der Waals surface area contributed by atoms with E-state index < -0.39 is 0 Å². The molecule has 1 saturated heterocycles. The Balaban J connectivity index is 1.69. The maximum atomic E-state index is 12.5. The van der Waals surface area contributed by atoms with Crippen LogP contribution in [0.1, 0.15) is 35.7 Å². The van der Waals surface area contributed by atoms with E-state index in [9.17, 15) is 4.79 Å². The minimum atomic E-state index is 0.00207. The second-order valence-corrected chi connectivity index (χ2v) is 6.76. The molecule has 6 heteroatoms. The Hall–Kier alpha value is -2.47. The first-order chi connectivity index (χ1) is 12.0. The molecule has 1 fully saturated rings. The van der Waals surface area contributed by atoms with E-state index in [-0.39, 0.29) is 5.91 Å². The predicted molar refractivity (Wildman–Crippen MR) is 99.2 cm³/mol. The molecule has 25 heavy (non-hydrogen) atoms. The molecular formula is C19H25N5O. The summed E-state index contributed by atoms with van der Waals surface area (Å²) in [6.45, 7) is 7.60. The average molecular weight is 339 g/mol. The fourth-order valence-electron chi connectivity index (χ4n) is 2.93. The molecule has 0 atom stereocenters. The minimum absolute atomic E-state index is 0.00207. The minimum Gasteiger partial charge on any atom is -0.336 e. The molecule has 1 aliphatic heterocycles. The van der Waals surface area contributed by atoms with Gasteiger partial charge in [0.2, 0.25) is 5.95 Å². The van der Waals surface area contributed by atoms with E-state index in [0.717, 1.165) is 31.9 Å². The number of anilines is 2. The van der Waals surface area contributed by atoms with Crippen LogP contribution in [-0.2, 0) is 0 Å². The third-order valence-electron chi connectivity index (χ3n) is 4.52. The normalized spacial score (nSPS) is 15.4. The van der Waals surface area contributed by atoms with Crippen molar-refractivity contribution in [3.63, 3.8) is 0 Å². The van der Waals surface area contributed by atoms with Crippen LogP contribution in [0.3, 0.4) is 0 Å². The number of amides is 1. The van der Waals surface area contributed by atoms with Crippen LogP contribution in [0.15, 0.2) is 36.7 Å². The molecule has 0 spiro atoms. The molecule has 3 rings (SSSR count). The number of rotatable bonds is 4. The summed E-state index contributed by atoms with van der Waals surface area (Å²) in [6, 6.07) is 8.12. The summed E-state index contributed by atoms with van der Waals surface area (Å²) in [5.41, 5.74) is 2.74. The first kappa shape index (κ1) is 17.4. The smallest absolute Gasteiger partial charge is 0.257 e. The molecule has 1 N–H and O–H groups in total. The summed E-state index contributed by atoms with van der Waals surface area (Å²) in [4.78, 5) is 25.3. The molecule has 2 aromatic rings. The van der Waals surface area contributed by atoms with Crippen molar-refractivity contribution in [2.75, 3.05) is 38.5 Å². The van der Waals surface area contributed by atoms with Gasteiger partial charge in [-0.2, -0.15) is 0 Å². The number of para-hydroxylation sites is 1. The molecule has 0 aliphatic carbocycles. The number of nitrogens with one attached hydrogen (secondary N) is 1. The molecule has 1 aromatic carbocycles. The van der Waals surface area contributed by atoms with Gasteiger partial charge >= 0.3 is 0 Å². The van der Waals surface area contributed by atoms with Gasteiger partial charge in [-0.1, -0.05) is 32.0 Å². The molecule has 0 radical (unpaired) electrons. The molecule has 1 aromatic heterocycles. The summed E-state index contributed by atoms with van der Waals surface area (Å²) < 4.78 is 0. The zero-order valence-electron chi connectivity index (χ0n) is 15.1. The van der Waals surface area contributed by atoms with E-state index >= 15 is 0 Å². The van der Waals surface area contributed by atoms with Gasteiger partial charge in [0, 0.05) is 44.3 Å². The van der Waals surface area contributed by atoms with Crippen molar-refractivity contribution in [2.45, 2.75) is 19.8 Å². The van der Waals surface area contributed by atoms with Gasteiger partial charge < -0.3 is 15.1 Å². The Morgan fingerprint density at radius 1 is 1.08 bits per heavy atom. The van der Waals surface area contributed by atoms with Crippen molar-refractivity contribution in [1.29, 1.82) is 0 Å². The van der Waals surface area contributed by atoms with Crippen molar-refractivity contribution in [2.24, 2.45) is 0 Å². The maximum Gasteiger partial charge on any atom is 0.257 e. The summed E-state index contributed by atoms with van der Waals surface area (Å²) in [5, 5.41) is 3.25. The Morgan fingerprint density at radius 2 is 1.72 bits per heavy atom. The number of piperazine rings is 1. The van der Waals surface area contributed by atoms with Gasteiger partial charge in [0.1, 0.15) is 0 Å². The second kappa shape index (κ2) is 7.61. The van der Waals surface area contributed by atoms with Gasteiger partial charge in [-0.25, -0.2) is 9.97 Å². The summed E-state index contributed by atoms with van der Waals surface area (Å²) in [6.07, 6.45) is 3.21. The molecular weight excluding hydrogens is 314 g/mol. The standard InChI is InChI=1S/C19H25N5O/c1-14(2)16-6-4-5-7-17(16)22-19-20-12-15(13-21-19)18(25)24-10-8-23(3)9-11-24/h4-7,12-14H,8-11H2,1-3H3,(H,20,21,22). The Bertz CT molecular complexity index is 721. The van der Waals surface area contributed by atoms with Gasteiger partial charge in [0.25, 0.3) is 5.91 Å². The highest BCUT2D eigenvalue weighted by atomic mass is 16.2. The van der Waals surface area contributed by atoms with Crippen molar-refractivity contribution < 1.29 is 4.79 Å². The quantitative estimate of drug-likeness (QED) is 0.928. The second-order valence-electron chi connectivity index (χ2n) is 6.76. The highest BCUT2D eigenvalue weighted by molar-refractivity contribution is 5.93. The lowest BCUT2D eigenvalue weighted by atomic mass is 10.0. The maximum absolute atomic E-state index is 12.5. The monoisotopic (exact) mass is 339 g/mol. The molecule has 6 nitrogen and oxygen atoms in total. The zero-order valence-corrected chi connectivity index (χ0v) is 15.1. The largest absolute Gasteiger partial charge is 0.336 e. The van der Waals surface area contributed by atoms with Gasteiger partial charge in [0.15, 0.2) is 0 Å². The Kier molecular flexibility index (Phi) is 5.28. The summed E-state index contributed by atoms with van der Waals surface area (Å²) in [7, 11) is 2.07. The van der Waals surface area contributed by atoms with E-state index in [0.29, 0.717) is 17.4 Å². The third kappa shape index (κ3) is 4.14. The van der Waals surface area contributed by atoms with Gasteiger partial charge in [-0.05, 0) is 24.6 Å². The number of nitrogens with zero attached hydrogens (tertiary/aromatic N) is 4. The molecule has 0 saturated carbocycles. The number of carbonyl (C=O) groups is 1. The summed E-state index contributed by atoms with van der Waals surface area (Å²) in [5.74, 6) is 0.909. The SMILES string of the molecule is CC(C)c1ccccc1Nc1ncc(C(=O)N2CCN(C)CC2)cn1. The Morgan fingerprint density at radius 3 is 2.36 bits per heavy atom. The van der Waals surface area contributed by atoms with Gasteiger partial charge in [-0.3, -0.25) is 4.79 Å². The van der Waals surface area contributed by atoms with E-state index in [2.05, 4.69) is 47.1 Å². The van der Waals surface area contributed by atoms with Crippen molar-refractivity contribution in [1.82, 2.24) is 19.8 Å². The van der Waals surface area contributed by atoms with Crippen molar-refractivity contribution in [3.05, 3.63) is 47.8 Å². The van der Waals surface area contributed by atoms with E-state index in [1.807, 2.05) is 23.1 Å². The van der Waals surface area contributed by atoms with E-state index in [4.69, 9.17) is 0 Å². The van der Waals surface area contributed by atoms with Crippen LogP contribution in [0.5, 0.6) is 0 Å². The fourth-order valence-corrected chi connectivity index (χ4v) is 2.93. The van der Waals surface area contributed by atoms with Crippen LogP contribution < -0.4 is 5.32 Å². The van der Waals surface area contributed by atoms with Crippen molar-refractivity contribution in [3.8, 4) is 0 Å².